The Morgan fingerprint density at radius 3 is 2.89 bits per heavy atom. The fraction of sp³-hybridized carbons (Fsp3) is 0.308. The second-order valence-corrected chi connectivity index (χ2v) is 4.54. The Hall–Kier alpha value is -2.17. The molecule has 18 heavy (non-hydrogen) atoms. The number of aromatic nitrogens is 3. The molecule has 2 heterocycles. The van der Waals surface area contributed by atoms with E-state index in [1.807, 2.05) is 14.0 Å². The predicted molar refractivity (Wildman–Crippen MR) is 70.5 cm³/mol. The third kappa shape index (κ3) is 1.59. The van der Waals surface area contributed by atoms with E-state index in [0.717, 1.165) is 35.5 Å². The Morgan fingerprint density at radius 2 is 2.17 bits per heavy atom. The summed E-state index contributed by atoms with van der Waals surface area (Å²) in [5.41, 5.74) is 11.3. The number of aryl methyl sites for hydroxylation is 2. The van der Waals surface area contributed by atoms with Crippen molar-refractivity contribution in [2.24, 2.45) is 17.8 Å². The molecular formula is C13H15N5. The number of fused-ring (bicyclic) bond motifs is 1. The molecule has 0 amide bonds. The first-order chi connectivity index (χ1) is 8.66. The molecule has 2 N–H and O–H groups in total. The number of benzene rings is 1. The molecule has 3 rings (SSSR count). The summed E-state index contributed by atoms with van der Waals surface area (Å²) >= 11 is 0. The lowest BCUT2D eigenvalue weighted by Crippen LogP contribution is -2.21. The summed E-state index contributed by atoms with van der Waals surface area (Å²) in [6, 6.07) is 6.31. The van der Waals surface area contributed by atoms with E-state index >= 15 is 0 Å². The van der Waals surface area contributed by atoms with E-state index in [2.05, 4.69) is 33.5 Å². The van der Waals surface area contributed by atoms with E-state index in [4.69, 9.17) is 5.73 Å². The van der Waals surface area contributed by atoms with Gasteiger partial charge in [0.15, 0.2) is 0 Å². The fourth-order valence-corrected chi connectivity index (χ4v) is 2.42. The van der Waals surface area contributed by atoms with Crippen molar-refractivity contribution in [2.75, 3.05) is 6.54 Å². The average molecular weight is 241 g/mol. The molecule has 1 aromatic heterocycles. The molecular weight excluding hydrogens is 226 g/mol. The zero-order chi connectivity index (χ0) is 12.7. The second-order valence-electron chi connectivity index (χ2n) is 4.54. The van der Waals surface area contributed by atoms with Crippen LogP contribution in [0.25, 0.3) is 11.3 Å². The first-order valence-electron chi connectivity index (χ1n) is 5.96. The van der Waals surface area contributed by atoms with Gasteiger partial charge in [-0.15, -0.1) is 5.10 Å². The van der Waals surface area contributed by atoms with Gasteiger partial charge in [0.05, 0.1) is 11.4 Å². The van der Waals surface area contributed by atoms with Crippen molar-refractivity contribution in [3.05, 3.63) is 35.0 Å². The maximum atomic E-state index is 5.96. The smallest absolute Gasteiger partial charge is 0.125 e. The highest BCUT2D eigenvalue weighted by atomic mass is 15.4. The van der Waals surface area contributed by atoms with E-state index in [1.54, 1.807) is 4.68 Å². The van der Waals surface area contributed by atoms with Crippen LogP contribution >= 0.6 is 0 Å². The molecule has 0 atom stereocenters. The molecule has 92 valence electrons. The van der Waals surface area contributed by atoms with E-state index in [0.29, 0.717) is 5.84 Å². The van der Waals surface area contributed by atoms with Gasteiger partial charge in [0.25, 0.3) is 0 Å². The number of nitrogens with two attached hydrogens (primary N) is 1. The monoisotopic (exact) mass is 241 g/mol. The van der Waals surface area contributed by atoms with Crippen molar-refractivity contribution in [3.63, 3.8) is 0 Å². The Bertz CT molecular complexity index is 619. The Labute approximate surface area is 105 Å². The van der Waals surface area contributed by atoms with Crippen LogP contribution in [0.4, 0.5) is 0 Å². The maximum Gasteiger partial charge on any atom is 0.125 e. The summed E-state index contributed by atoms with van der Waals surface area (Å²) in [6.45, 7) is 2.74. The van der Waals surface area contributed by atoms with E-state index < -0.39 is 0 Å². The largest absolute Gasteiger partial charge is 0.383 e. The van der Waals surface area contributed by atoms with Crippen molar-refractivity contribution >= 4 is 5.84 Å². The second kappa shape index (κ2) is 3.94. The minimum atomic E-state index is 0.630. The number of nitrogens with zero attached hydrogens (tertiary/aromatic N) is 4. The Morgan fingerprint density at radius 1 is 1.33 bits per heavy atom. The Kier molecular flexibility index (Phi) is 2.40. The standard InChI is InChI=1S/C13H15N5/c1-8-12(18(2)17-16-8)10-4-3-9-5-6-15-13(14)11(9)7-10/h3-4,7H,5-6H2,1-2H3,(H2,14,15). The van der Waals surface area contributed by atoms with Crippen LogP contribution in [-0.2, 0) is 13.5 Å². The van der Waals surface area contributed by atoms with Crippen LogP contribution in [-0.4, -0.2) is 27.4 Å². The molecule has 0 saturated heterocycles. The molecule has 5 heteroatoms. The first kappa shape index (κ1) is 11.0. The van der Waals surface area contributed by atoms with Crippen molar-refractivity contribution in [3.8, 4) is 11.3 Å². The van der Waals surface area contributed by atoms with Gasteiger partial charge < -0.3 is 5.73 Å². The van der Waals surface area contributed by atoms with Crippen LogP contribution in [0.3, 0.4) is 0 Å². The van der Waals surface area contributed by atoms with E-state index in [9.17, 15) is 0 Å². The molecule has 0 unspecified atom stereocenters. The van der Waals surface area contributed by atoms with Gasteiger partial charge in [0.2, 0.25) is 0 Å². The fourth-order valence-electron chi connectivity index (χ4n) is 2.42. The Balaban J connectivity index is 2.17. The lowest BCUT2D eigenvalue weighted by Gasteiger charge is -2.15. The summed E-state index contributed by atoms with van der Waals surface area (Å²) in [5, 5.41) is 8.10. The van der Waals surface area contributed by atoms with Crippen LogP contribution in [0.2, 0.25) is 0 Å². The maximum absolute atomic E-state index is 5.96. The van der Waals surface area contributed by atoms with Crippen molar-refractivity contribution in [1.82, 2.24) is 15.0 Å². The lowest BCUT2D eigenvalue weighted by atomic mass is 9.97. The molecule has 2 aromatic rings. The van der Waals surface area contributed by atoms with Gasteiger partial charge >= 0.3 is 0 Å². The van der Waals surface area contributed by atoms with Crippen LogP contribution in [0.1, 0.15) is 16.8 Å². The zero-order valence-corrected chi connectivity index (χ0v) is 10.5. The summed E-state index contributed by atoms with van der Waals surface area (Å²) in [6.07, 6.45) is 0.957. The van der Waals surface area contributed by atoms with Gasteiger partial charge in [-0.05, 0) is 25.0 Å². The highest BCUT2D eigenvalue weighted by Crippen LogP contribution is 2.25. The molecule has 5 nitrogen and oxygen atoms in total. The van der Waals surface area contributed by atoms with Gasteiger partial charge in [0.1, 0.15) is 5.84 Å². The molecule has 0 aliphatic carbocycles. The van der Waals surface area contributed by atoms with Gasteiger partial charge in [-0.3, -0.25) is 4.99 Å². The number of rotatable bonds is 1. The normalized spacial score (nSPS) is 14.2. The molecule has 0 spiro atoms. The van der Waals surface area contributed by atoms with Gasteiger partial charge in [-0.1, -0.05) is 17.3 Å². The summed E-state index contributed by atoms with van der Waals surface area (Å²) in [7, 11) is 1.90. The molecule has 0 saturated carbocycles. The van der Waals surface area contributed by atoms with Crippen LogP contribution in [0.5, 0.6) is 0 Å². The summed E-state index contributed by atoms with van der Waals surface area (Å²) < 4.78 is 1.78. The van der Waals surface area contributed by atoms with Crippen molar-refractivity contribution in [1.29, 1.82) is 0 Å². The SMILES string of the molecule is Cc1nnn(C)c1-c1ccc2c(c1)C(N)=NCC2. The van der Waals surface area contributed by atoms with Gasteiger partial charge in [-0.2, -0.15) is 0 Å². The number of amidine groups is 1. The number of hydrogen-bond donors (Lipinski definition) is 1. The van der Waals surface area contributed by atoms with E-state index in [1.165, 1.54) is 5.56 Å². The lowest BCUT2D eigenvalue weighted by molar-refractivity contribution is 0.719. The van der Waals surface area contributed by atoms with Gasteiger partial charge in [-0.25, -0.2) is 4.68 Å². The third-order valence-corrected chi connectivity index (χ3v) is 3.32. The highest BCUT2D eigenvalue weighted by molar-refractivity contribution is 6.00. The molecule has 1 aliphatic rings. The van der Waals surface area contributed by atoms with Gasteiger partial charge in [0, 0.05) is 24.7 Å². The summed E-state index contributed by atoms with van der Waals surface area (Å²) in [4.78, 5) is 4.29. The molecule has 0 bridgehead atoms. The van der Waals surface area contributed by atoms with Crippen molar-refractivity contribution in [2.45, 2.75) is 13.3 Å². The zero-order valence-electron chi connectivity index (χ0n) is 10.5. The van der Waals surface area contributed by atoms with Crippen LogP contribution < -0.4 is 5.73 Å². The first-order valence-corrected chi connectivity index (χ1v) is 5.96. The van der Waals surface area contributed by atoms with Crippen LogP contribution in [0, 0.1) is 6.92 Å². The quantitative estimate of drug-likeness (QED) is 0.811. The van der Waals surface area contributed by atoms with E-state index in [-0.39, 0.29) is 0 Å². The minimum Gasteiger partial charge on any atom is -0.383 e. The average Bonchev–Trinajstić information content (AvgIpc) is 2.69. The molecule has 1 aliphatic heterocycles. The summed E-state index contributed by atoms with van der Waals surface area (Å²) in [5.74, 6) is 0.630. The van der Waals surface area contributed by atoms with Crippen LogP contribution in [0.15, 0.2) is 23.2 Å². The third-order valence-electron chi connectivity index (χ3n) is 3.32. The topological polar surface area (TPSA) is 69.1 Å². The molecule has 0 radical (unpaired) electrons. The number of aliphatic imine (C=N–C) groups is 1. The number of hydrogen-bond acceptors (Lipinski definition) is 4. The highest BCUT2D eigenvalue weighted by Gasteiger charge is 2.15. The molecule has 1 aromatic carbocycles. The van der Waals surface area contributed by atoms with Crippen molar-refractivity contribution < 1.29 is 0 Å². The predicted octanol–water partition coefficient (Wildman–Crippen LogP) is 1.05. The molecule has 0 fully saturated rings. The minimum absolute atomic E-state index is 0.630.